The quantitative estimate of drug-likeness (QED) is 0.791. The summed E-state index contributed by atoms with van der Waals surface area (Å²) in [4.78, 5) is 5.03. The van der Waals surface area contributed by atoms with E-state index >= 15 is 0 Å². The van der Waals surface area contributed by atoms with E-state index in [1.165, 1.54) is 17.7 Å². The molecule has 0 bridgehead atoms. The fourth-order valence-electron chi connectivity index (χ4n) is 3.23. The minimum absolute atomic E-state index is 0.721. The van der Waals surface area contributed by atoms with Crippen LogP contribution in [0.1, 0.15) is 17.5 Å². The van der Waals surface area contributed by atoms with Crippen molar-refractivity contribution in [3.05, 3.63) is 65.7 Å². The van der Waals surface area contributed by atoms with Crippen molar-refractivity contribution in [3.8, 4) is 6.07 Å². The van der Waals surface area contributed by atoms with Crippen molar-refractivity contribution in [2.24, 2.45) is 0 Å². The summed E-state index contributed by atoms with van der Waals surface area (Å²) in [5.74, 6) is 0. The zero-order chi connectivity index (χ0) is 17.3. The Hall–Kier alpha value is -2.35. The maximum Gasteiger partial charge on any atom is 0.0991 e. The molecule has 0 spiro atoms. The largest absolute Gasteiger partial charge is 0.369 e. The van der Waals surface area contributed by atoms with Gasteiger partial charge in [0.25, 0.3) is 0 Å². The van der Waals surface area contributed by atoms with Gasteiger partial charge < -0.3 is 10.2 Å². The van der Waals surface area contributed by atoms with Crippen LogP contribution < -0.4 is 10.2 Å². The summed E-state index contributed by atoms with van der Waals surface area (Å²) in [5.41, 5.74) is 3.29. The van der Waals surface area contributed by atoms with Crippen LogP contribution in [0.5, 0.6) is 0 Å². The van der Waals surface area contributed by atoms with Crippen LogP contribution in [0.2, 0.25) is 0 Å². The molecule has 0 aromatic heterocycles. The Bertz CT molecular complexity index is 667. The van der Waals surface area contributed by atoms with E-state index in [1.807, 2.05) is 24.3 Å². The highest BCUT2D eigenvalue weighted by atomic mass is 15.3. The van der Waals surface area contributed by atoms with Crippen LogP contribution in [-0.2, 0) is 6.54 Å². The van der Waals surface area contributed by atoms with Crippen LogP contribution in [0.15, 0.2) is 54.6 Å². The Labute approximate surface area is 150 Å². The predicted molar refractivity (Wildman–Crippen MR) is 103 cm³/mol. The third-order valence-electron chi connectivity index (χ3n) is 4.73. The van der Waals surface area contributed by atoms with Crippen molar-refractivity contribution < 1.29 is 0 Å². The van der Waals surface area contributed by atoms with E-state index in [0.29, 0.717) is 0 Å². The number of piperazine rings is 1. The van der Waals surface area contributed by atoms with E-state index in [9.17, 15) is 0 Å². The molecule has 0 radical (unpaired) electrons. The monoisotopic (exact) mass is 334 g/mol. The summed E-state index contributed by atoms with van der Waals surface area (Å²) in [6, 6.07) is 20.6. The van der Waals surface area contributed by atoms with E-state index in [-0.39, 0.29) is 0 Å². The molecule has 0 unspecified atom stereocenters. The van der Waals surface area contributed by atoms with Gasteiger partial charge in [-0.2, -0.15) is 5.26 Å². The fraction of sp³-hybridized carbons (Fsp3) is 0.381. The third-order valence-corrected chi connectivity index (χ3v) is 4.73. The van der Waals surface area contributed by atoms with E-state index < -0.39 is 0 Å². The Kier molecular flexibility index (Phi) is 6.44. The highest BCUT2D eigenvalue weighted by Gasteiger charge is 2.16. The molecule has 4 heteroatoms. The summed E-state index contributed by atoms with van der Waals surface area (Å²) in [7, 11) is 0. The number of anilines is 1. The highest BCUT2D eigenvalue weighted by Crippen LogP contribution is 2.15. The van der Waals surface area contributed by atoms with Gasteiger partial charge in [0.15, 0.2) is 0 Å². The Morgan fingerprint density at radius 2 is 1.64 bits per heavy atom. The van der Waals surface area contributed by atoms with E-state index in [1.54, 1.807) is 0 Å². The number of benzene rings is 2. The summed E-state index contributed by atoms with van der Waals surface area (Å²) in [6.45, 7) is 7.57. The minimum Gasteiger partial charge on any atom is -0.369 e. The van der Waals surface area contributed by atoms with Crippen molar-refractivity contribution in [2.75, 3.05) is 44.2 Å². The molecule has 1 aliphatic heterocycles. The topological polar surface area (TPSA) is 42.3 Å². The van der Waals surface area contributed by atoms with Gasteiger partial charge in [-0.25, -0.2) is 0 Å². The van der Waals surface area contributed by atoms with Crippen molar-refractivity contribution in [3.63, 3.8) is 0 Å². The molecule has 0 aliphatic carbocycles. The number of nitrogens with zero attached hydrogens (tertiary/aromatic N) is 3. The molecule has 25 heavy (non-hydrogen) atoms. The fourth-order valence-corrected chi connectivity index (χ4v) is 3.23. The first-order valence-electron chi connectivity index (χ1n) is 9.07. The first-order chi connectivity index (χ1) is 12.3. The van der Waals surface area contributed by atoms with Crippen LogP contribution in [0.25, 0.3) is 0 Å². The van der Waals surface area contributed by atoms with Gasteiger partial charge in [0.1, 0.15) is 0 Å². The maximum absolute atomic E-state index is 8.81. The molecule has 2 aromatic carbocycles. The normalized spacial score (nSPS) is 15.1. The molecule has 2 aromatic rings. The lowest BCUT2D eigenvalue weighted by atomic mass is 10.1. The van der Waals surface area contributed by atoms with E-state index in [2.05, 4.69) is 51.5 Å². The van der Waals surface area contributed by atoms with Crippen molar-refractivity contribution >= 4 is 5.69 Å². The third kappa shape index (κ3) is 5.32. The molecular weight excluding hydrogens is 308 g/mol. The number of nitriles is 1. The van der Waals surface area contributed by atoms with Crippen LogP contribution in [0.3, 0.4) is 0 Å². The lowest BCUT2D eigenvalue weighted by Gasteiger charge is -2.36. The first kappa shape index (κ1) is 17.5. The molecule has 4 nitrogen and oxygen atoms in total. The van der Waals surface area contributed by atoms with Gasteiger partial charge in [-0.3, -0.25) is 4.90 Å². The summed E-state index contributed by atoms with van der Waals surface area (Å²) >= 11 is 0. The second-order valence-corrected chi connectivity index (χ2v) is 6.50. The minimum atomic E-state index is 0.721. The second kappa shape index (κ2) is 9.22. The number of hydrogen-bond donors (Lipinski definition) is 1. The summed E-state index contributed by atoms with van der Waals surface area (Å²) < 4.78 is 0. The van der Waals surface area contributed by atoms with Gasteiger partial charge in [-0.05, 0) is 49.3 Å². The molecule has 1 aliphatic rings. The van der Waals surface area contributed by atoms with Gasteiger partial charge >= 0.3 is 0 Å². The average Bonchev–Trinajstić information content (AvgIpc) is 2.69. The summed E-state index contributed by atoms with van der Waals surface area (Å²) in [5, 5.41) is 12.3. The zero-order valence-electron chi connectivity index (χ0n) is 14.7. The predicted octanol–water partition coefficient (Wildman–Crippen LogP) is 2.86. The Morgan fingerprint density at radius 3 is 2.32 bits per heavy atom. The molecular formula is C21H26N4. The van der Waals surface area contributed by atoms with Crippen molar-refractivity contribution in [1.29, 1.82) is 5.26 Å². The molecule has 1 fully saturated rings. The number of rotatable bonds is 7. The van der Waals surface area contributed by atoms with Crippen LogP contribution in [0, 0.1) is 11.3 Å². The first-order valence-corrected chi connectivity index (χ1v) is 9.07. The lowest BCUT2D eigenvalue weighted by Crippen LogP contribution is -2.46. The lowest BCUT2D eigenvalue weighted by molar-refractivity contribution is 0.254. The number of para-hydroxylation sites is 1. The molecule has 3 rings (SSSR count). The SMILES string of the molecule is N#Cc1ccc(CNCCCN2CCN(c3ccccc3)CC2)cc1. The number of hydrogen-bond acceptors (Lipinski definition) is 4. The molecule has 0 amide bonds. The molecule has 1 N–H and O–H groups in total. The van der Waals surface area contributed by atoms with Gasteiger partial charge in [-0.1, -0.05) is 30.3 Å². The number of nitrogens with one attached hydrogen (secondary N) is 1. The van der Waals surface area contributed by atoms with Gasteiger partial charge in [-0.15, -0.1) is 0 Å². The average molecular weight is 334 g/mol. The van der Waals surface area contributed by atoms with Crippen LogP contribution in [-0.4, -0.2) is 44.2 Å². The molecule has 130 valence electrons. The van der Waals surface area contributed by atoms with Gasteiger partial charge in [0.05, 0.1) is 11.6 Å². The molecule has 1 saturated heterocycles. The Morgan fingerprint density at radius 1 is 0.920 bits per heavy atom. The highest BCUT2D eigenvalue weighted by molar-refractivity contribution is 5.46. The van der Waals surface area contributed by atoms with E-state index in [0.717, 1.165) is 51.4 Å². The van der Waals surface area contributed by atoms with Crippen molar-refractivity contribution in [1.82, 2.24) is 10.2 Å². The second-order valence-electron chi connectivity index (χ2n) is 6.50. The maximum atomic E-state index is 8.81. The molecule has 0 saturated carbocycles. The zero-order valence-corrected chi connectivity index (χ0v) is 14.7. The van der Waals surface area contributed by atoms with Crippen molar-refractivity contribution in [2.45, 2.75) is 13.0 Å². The summed E-state index contributed by atoms with van der Waals surface area (Å²) in [6.07, 6.45) is 1.17. The van der Waals surface area contributed by atoms with E-state index in [4.69, 9.17) is 5.26 Å². The smallest absolute Gasteiger partial charge is 0.0991 e. The van der Waals surface area contributed by atoms with Gasteiger partial charge in [0.2, 0.25) is 0 Å². The van der Waals surface area contributed by atoms with Gasteiger partial charge in [0, 0.05) is 38.4 Å². The Balaban J connectivity index is 1.29. The van der Waals surface area contributed by atoms with Crippen LogP contribution in [0.4, 0.5) is 5.69 Å². The molecule has 0 atom stereocenters. The standard InChI is InChI=1S/C21H26N4/c22-17-19-7-9-20(10-8-19)18-23-11-4-12-24-13-15-25(16-14-24)21-5-2-1-3-6-21/h1-3,5-10,23H,4,11-16,18H2. The van der Waals surface area contributed by atoms with Crippen LogP contribution >= 0.6 is 0 Å². The molecule has 1 heterocycles.